The summed E-state index contributed by atoms with van der Waals surface area (Å²) in [6, 6.07) is 7.86. The lowest BCUT2D eigenvalue weighted by molar-refractivity contribution is 0.100. The fourth-order valence-electron chi connectivity index (χ4n) is 5.25. The van der Waals surface area contributed by atoms with Crippen LogP contribution in [0.3, 0.4) is 0 Å². The molecule has 0 bridgehead atoms. The van der Waals surface area contributed by atoms with E-state index in [0.29, 0.717) is 30.6 Å². The molecule has 1 amide bonds. The molecule has 0 aliphatic carbocycles. The number of piperidine rings is 1. The second kappa shape index (κ2) is 9.77. The number of sulfonamides is 1. The number of H-pyrrole nitrogens is 1. The van der Waals surface area contributed by atoms with Gasteiger partial charge in [-0.15, -0.1) is 11.3 Å². The molecule has 0 spiro atoms. The van der Waals surface area contributed by atoms with Crippen LogP contribution in [0.2, 0.25) is 0 Å². The van der Waals surface area contributed by atoms with Gasteiger partial charge in [-0.05, 0) is 80.9 Å². The van der Waals surface area contributed by atoms with Gasteiger partial charge in [0.1, 0.15) is 5.52 Å². The molecule has 2 saturated heterocycles. The van der Waals surface area contributed by atoms with E-state index in [1.807, 2.05) is 17.5 Å². The van der Waals surface area contributed by atoms with Crippen molar-refractivity contribution < 1.29 is 13.2 Å². The lowest BCUT2D eigenvalue weighted by Crippen LogP contribution is -2.39. The van der Waals surface area contributed by atoms with E-state index in [2.05, 4.69) is 21.2 Å². The Bertz CT molecular complexity index is 1260. The van der Waals surface area contributed by atoms with Crippen LogP contribution < -0.4 is 5.73 Å². The van der Waals surface area contributed by atoms with Gasteiger partial charge in [-0.25, -0.2) is 12.7 Å². The Balaban J connectivity index is 1.30. The summed E-state index contributed by atoms with van der Waals surface area (Å²) in [6.45, 7) is 4.06. The molecule has 5 rings (SSSR count). The van der Waals surface area contributed by atoms with Crippen LogP contribution in [0.4, 0.5) is 0 Å². The molecule has 10 heteroatoms. The number of primary amides is 1. The van der Waals surface area contributed by atoms with Gasteiger partial charge < -0.3 is 10.6 Å². The van der Waals surface area contributed by atoms with Crippen molar-refractivity contribution in [3.8, 4) is 10.4 Å². The van der Waals surface area contributed by atoms with Crippen molar-refractivity contribution in [2.45, 2.75) is 38.0 Å². The summed E-state index contributed by atoms with van der Waals surface area (Å²) in [5, 5.41) is 10.5. The Hall–Kier alpha value is -2.27. The number of likely N-dealkylation sites (tertiary alicyclic amines) is 1. The van der Waals surface area contributed by atoms with Crippen molar-refractivity contribution in [2.75, 3.05) is 38.5 Å². The maximum Gasteiger partial charge on any atom is 0.251 e. The topological polar surface area (TPSA) is 112 Å². The molecule has 0 saturated carbocycles. The molecule has 0 unspecified atom stereocenters. The van der Waals surface area contributed by atoms with Crippen molar-refractivity contribution in [3.05, 3.63) is 40.9 Å². The number of amides is 1. The highest BCUT2D eigenvalue weighted by atomic mass is 32.2. The summed E-state index contributed by atoms with van der Waals surface area (Å²) in [7, 11) is -3.24. The lowest BCUT2D eigenvalue weighted by atomic mass is 9.91. The molecule has 4 heterocycles. The largest absolute Gasteiger partial charge is 0.366 e. The zero-order valence-corrected chi connectivity index (χ0v) is 20.8. The number of fused-ring (bicyclic) bond motifs is 1. The fourth-order valence-corrected chi connectivity index (χ4v) is 7.48. The van der Waals surface area contributed by atoms with Gasteiger partial charge >= 0.3 is 0 Å². The van der Waals surface area contributed by atoms with Crippen LogP contribution >= 0.6 is 11.3 Å². The van der Waals surface area contributed by atoms with E-state index in [4.69, 9.17) is 5.73 Å². The molecule has 0 radical (unpaired) electrons. The van der Waals surface area contributed by atoms with E-state index in [0.717, 1.165) is 54.0 Å². The van der Waals surface area contributed by atoms with Crippen molar-refractivity contribution in [1.29, 1.82) is 0 Å². The molecule has 2 aliphatic heterocycles. The molecule has 3 aromatic rings. The van der Waals surface area contributed by atoms with Gasteiger partial charge in [-0.2, -0.15) is 5.10 Å². The van der Waals surface area contributed by atoms with Gasteiger partial charge in [-0.1, -0.05) is 6.07 Å². The number of aromatic nitrogens is 2. The van der Waals surface area contributed by atoms with E-state index >= 15 is 0 Å². The van der Waals surface area contributed by atoms with E-state index in [1.165, 1.54) is 12.8 Å². The number of hydrogen-bond donors (Lipinski definition) is 2. The minimum absolute atomic E-state index is 0.153. The minimum Gasteiger partial charge on any atom is -0.366 e. The number of nitrogens with two attached hydrogens (primary N) is 1. The fraction of sp³-hybridized carbons (Fsp3) is 0.500. The summed E-state index contributed by atoms with van der Waals surface area (Å²) < 4.78 is 27.4. The number of carbonyl (C=O) groups is 1. The highest BCUT2D eigenvalue weighted by Gasteiger charge is 2.30. The van der Waals surface area contributed by atoms with E-state index in [9.17, 15) is 13.2 Å². The van der Waals surface area contributed by atoms with Gasteiger partial charge in [-0.3, -0.25) is 9.89 Å². The Labute approximate surface area is 204 Å². The first-order valence-corrected chi connectivity index (χ1v) is 14.5. The first-order valence-electron chi connectivity index (χ1n) is 12.0. The van der Waals surface area contributed by atoms with E-state index in [-0.39, 0.29) is 11.7 Å². The second-order valence-electron chi connectivity index (χ2n) is 9.29. The molecule has 2 aliphatic rings. The average molecular weight is 502 g/mol. The minimum atomic E-state index is -3.24. The monoisotopic (exact) mass is 501 g/mol. The van der Waals surface area contributed by atoms with Crippen LogP contribution in [-0.4, -0.2) is 72.2 Å². The molecule has 182 valence electrons. The Kier molecular flexibility index (Phi) is 6.74. The third kappa shape index (κ3) is 4.77. The van der Waals surface area contributed by atoms with E-state index in [1.54, 1.807) is 21.7 Å². The van der Waals surface area contributed by atoms with Gasteiger partial charge in [0.2, 0.25) is 10.0 Å². The smallest absolute Gasteiger partial charge is 0.251 e. The molecule has 8 nitrogen and oxygen atoms in total. The number of thiophene rings is 1. The Morgan fingerprint density at radius 1 is 1.18 bits per heavy atom. The average Bonchev–Trinajstić information content (AvgIpc) is 3.60. The second-order valence-corrected chi connectivity index (χ2v) is 12.3. The number of carbonyl (C=O) groups excluding carboxylic acids is 1. The maximum atomic E-state index is 12.9. The first kappa shape index (κ1) is 23.5. The van der Waals surface area contributed by atoms with Crippen LogP contribution in [0.25, 0.3) is 21.3 Å². The molecule has 2 fully saturated rings. The number of rotatable bonds is 8. The predicted molar refractivity (Wildman–Crippen MR) is 136 cm³/mol. The van der Waals surface area contributed by atoms with Crippen molar-refractivity contribution >= 4 is 38.2 Å². The van der Waals surface area contributed by atoms with Crippen molar-refractivity contribution in [1.82, 2.24) is 19.4 Å². The van der Waals surface area contributed by atoms with Gasteiger partial charge in [0, 0.05) is 35.0 Å². The molecule has 2 aromatic heterocycles. The molecule has 1 aromatic carbocycles. The summed E-state index contributed by atoms with van der Waals surface area (Å²) in [4.78, 5) is 15.6. The number of benzene rings is 1. The normalized spacial score (nSPS) is 18.7. The van der Waals surface area contributed by atoms with Crippen LogP contribution in [0, 0.1) is 0 Å². The number of nitrogens with one attached hydrogen (secondary N) is 1. The van der Waals surface area contributed by atoms with Crippen LogP contribution in [0.1, 0.15) is 54.1 Å². The van der Waals surface area contributed by atoms with Crippen molar-refractivity contribution in [2.24, 2.45) is 5.73 Å². The molecule has 3 N–H and O–H groups in total. The molecule has 0 atom stereocenters. The standard InChI is InChI=1S/C24H31N5O3S2/c25-24(30)20-16-18(21-5-3-13-33-21)15-19-22(26-27-23(19)20)17-6-11-29(12-7-17)34(31,32)14-4-10-28-8-1-2-9-28/h3,5,13,15-17H,1-2,4,6-12,14H2,(H2,25,30)(H,26,27). The van der Waals surface area contributed by atoms with Crippen LogP contribution in [-0.2, 0) is 10.0 Å². The molecular formula is C24H31N5O3S2. The molecular weight excluding hydrogens is 470 g/mol. The van der Waals surface area contributed by atoms with Crippen LogP contribution in [0.15, 0.2) is 29.6 Å². The van der Waals surface area contributed by atoms with Gasteiger partial charge in [0.05, 0.1) is 11.3 Å². The van der Waals surface area contributed by atoms with E-state index < -0.39 is 15.9 Å². The van der Waals surface area contributed by atoms with Gasteiger partial charge in [0.25, 0.3) is 5.91 Å². The first-order chi connectivity index (χ1) is 16.4. The summed E-state index contributed by atoms with van der Waals surface area (Å²) in [6.07, 6.45) is 4.57. The number of nitrogens with zero attached hydrogens (tertiary/aromatic N) is 3. The highest BCUT2D eigenvalue weighted by molar-refractivity contribution is 7.89. The number of aromatic amines is 1. The van der Waals surface area contributed by atoms with Crippen molar-refractivity contribution in [3.63, 3.8) is 0 Å². The highest BCUT2D eigenvalue weighted by Crippen LogP contribution is 2.36. The summed E-state index contributed by atoms with van der Waals surface area (Å²) >= 11 is 1.61. The zero-order valence-electron chi connectivity index (χ0n) is 19.2. The van der Waals surface area contributed by atoms with Gasteiger partial charge in [0.15, 0.2) is 0 Å². The predicted octanol–water partition coefficient (Wildman–Crippen LogP) is 3.39. The Morgan fingerprint density at radius 2 is 1.94 bits per heavy atom. The maximum absolute atomic E-state index is 12.9. The third-order valence-electron chi connectivity index (χ3n) is 7.09. The van der Waals surface area contributed by atoms with Crippen LogP contribution in [0.5, 0.6) is 0 Å². The number of hydrogen-bond acceptors (Lipinski definition) is 6. The third-order valence-corrected chi connectivity index (χ3v) is 9.97. The Morgan fingerprint density at radius 3 is 2.62 bits per heavy atom. The lowest BCUT2D eigenvalue weighted by Gasteiger charge is -2.31. The summed E-state index contributed by atoms with van der Waals surface area (Å²) in [5.41, 5.74) is 8.56. The summed E-state index contributed by atoms with van der Waals surface area (Å²) in [5.74, 6) is -0.135. The zero-order chi connectivity index (χ0) is 23.7. The molecule has 34 heavy (non-hydrogen) atoms. The quantitative estimate of drug-likeness (QED) is 0.491. The SMILES string of the molecule is NC(=O)c1cc(-c2cccs2)cc2c(C3CCN(S(=O)(=O)CCCN4CCCC4)CC3)[nH]nc12.